The van der Waals surface area contributed by atoms with Crippen LogP contribution in [0.15, 0.2) is 48.5 Å². The van der Waals surface area contributed by atoms with E-state index in [9.17, 15) is 4.79 Å². The highest BCUT2D eigenvalue weighted by molar-refractivity contribution is 5.90. The first-order valence-electron chi connectivity index (χ1n) is 9.89. The SMILES string of the molecule is CC#Cc1cc(F)c(C2=CC3CCC(C3)C2OC(=O)c2ccccc2)c(OC)c1. The molecule has 0 spiro atoms. The summed E-state index contributed by atoms with van der Waals surface area (Å²) in [6, 6.07) is 12.1. The molecule has 0 amide bonds. The fourth-order valence-corrected chi connectivity index (χ4v) is 4.46. The molecule has 1 fully saturated rings. The van der Waals surface area contributed by atoms with E-state index >= 15 is 4.39 Å². The van der Waals surface area contributed by atoms with E-state index in [0.717, 1.165) is 19.3 Å². The molecule has 29 heavy (non-hydrogen) atoms. The van der Waals surface area contributed by atoms with Crippen molar-refractivity contribution in [3.63, 3.8) is 0 Å². The predicted molar refractivity (Wildman–Crippen MR) is 110 cm³/mol. The average molecular weight is 390 g/mol. The zero-order chi connectivity index (χ0) is 20.4. The molecule has 0 aliphatic heterocycles. The van der Waals surface area contributed by atoms with E-state index < -0.39 is 11.9 Å². The van der Waals surface area contributed by atoms with Gasteiger partial charge in [-0.1, -0.05) is 30.2 Å². The number of halogens is 1. The lowest BCUT2D eigenvalue weighted by Crippen LogP contribution is -2.30. The normalized spacial score (nSPS) is 22.3. The second kappa shape index (κ2) is 8.13. The van der Waals surface area contributed by atoms with Gasteiger partial charge in [-0.3, -0.25) is 0 Å². The number of hydrogen-bond acceptors (Lipinski definition) is 3. The van der Waals surface area contributed by atoms with Gasteiger partial charge in [0.1, 0.15) is 17.7 Å². The summed E-state index contributed by atoms with van der Waals surface area (Å²) in [5.41, 5.74) is 2.13. The highest BCUT2D eigenvalue weighted by Gasteiger charge is 2.41. The van der Waals surface area contributed by atoms with E-state index in [1.807, 2.05) is 6.07 Å². The minimum absolute atomic E-state index is 0.187. The average Bonchev–Trinajstić information content (AvgIpc) is 3.13. The van der Waals surface area contributed by atoms with Crippen LogP contribution in [0.3, 0.4) is 0 Å². The fraction of sp³-hybridized carbons (Fsp3) is 0.320. The molecule has 1 saturated carbocycles. The van der Waals surface area contributed by atoms with Gasteiger partial charge in [-0.05, 0) is 56.4 Å². The molecule has 4 heteroatoms. The zero-order valence-electron chi connectivity index (χ0n) is 16.6. The summed E-state index contributed by atoms with van der Waals surface area (Å²) in [5.74, 6) is 5.84. The van der Waals surface area contributed by atoms with E-state index in [2.05, 4.69) is 17.9 Å². The summed E-state index contributed by atoms with van der Waals surface area (Å²) >= 11 is 0. The Morgan fingerprint density at radius 2 is 1.97 bits per heavy atom. The van der Waals surface area contributed by atoms with Crippen molar-refractivity contribution in [1.29, 1.82) is 0 Å². The summed E-state index contributed by atoms with van der Waals surface area (Å²) in [7, 11) is 1.52. The van der Waals surface area contributed by atoms with Crippen molar-refractivity contribution < 1.29 is 18.7 Å². The molecule has 3 unspecified atom stereocenters. The molecular weight excluding hydrogens is 367 g/mol. The van der Waals surface area contributed by atoms with Crippen molar-refractivity contribution in [3.05, 3.63) is 71.0 Å². The summed E-state index contributed by atoms with van der Waals surface area (Å²) in [6.45, 7) is 1.71. The third kappa shape index (κ3) is 3.78. The van der Waals surface area contributed by atoms with Crippen molar-refractivity contribution in [2.45, 2.75) is 32.3 Å². The second-order valence-electron chi connectivity index (χ2n) is 7.56. The summed E-state index contributed by atoms with van der Waals surface area (Å²) in [5, 5.41) is 0. The molecule has 0 radical (unpaired) electrons. The molecule has 2 aliphatic carbocycles. The van der Waals surface area contributed by atoms with Crippen LogP contribution < -0.4 is 4.74 Å². The largest absolute Gasteiger partial charge is 0.496 e. The third-order valence-corrected chi connectivity index (χ3v) is 5.74. The molecule has 148 valence electrons. The van der Waals surface area contributed by atoms with Crippen LogP contribution in [0.5, 0.6) is 5.75 Å². The van der Waals surface area contributed by atoms with E-state index in [0.29, 0.717) is 33.9 Å². The van der Waals surface area contributed by atoms with Crippen LogP contribution in [0.4, 0.5) is 4.39 Å². The molecule has 3 atom stereocenters. The Labute approximate surface area is 170 Å². The lowest BCUT2D eigenvalue weighted by Gasteiger charge is -2.31. The van der Waals surface area contributed by atoms with Gasteiger partial charge in [-0.2, -0.15) is 0 Å². The van der Waals surface area contributed by atoms with Gasteiger partial charge in [-0.15, -0.1) is 5.92 Å². The quantitative estimate of drug-likeness (QED) is 0.529. The molecular formula is C25H23FO3. The Kier molecular flexibility index (Phi) is 5.40. The topological polar surface area (TPSA) is 35.5 Å². The summed E-state index contributed by atoms with van der Waals surface area (Å²) in [6.07, 6.45) is 4.52. The third-order valence-electron chi connectivity index (χ3n) is 5.74. The van der Waals surface area contributed by atoms with Crippen molar-refractivity contribution in [2.24, 2.45) is 11.8 Å². The Morgan fingerprint density at radius 1 is 1.17 bits per heavy atom. The molecule has 2 aromatic carbocycles. The van der Waals surface area contributed by atoms with Crippen molar-refractivity contribution in [3.8, 4) is 17.6 Å². The monoisotopic (exact) mass is 390 g/mol. The standard InChI is InChI=1S/C25H23FO3/c1-3-7-16-14-21(26)23(22(15-16)28-2)20-13-17-10-11-19(12-17)24(20)29-25(27)18-8-5-4-6-9-18/h4-6,8-9,13-15,17,19,24H,10-12H2,1-2H3. The molecule has 0 aromatic heterocycles. The van der Waals surface area contributed by atoms with Crippen LogP contribution in [0, 0.1) is 29.5 Å². The van der Waals surface area contributed by atoms with E-state index in [1.165, 1.54) is 13.2 Å². The number of carbonyl (C=O) groups is 1. The number of benzene rings is 2. The highest BCUT2D eigenvalue weighted by atomic mass is 19.1. The highest BCUT2D eigenvalue weighted by Crippen LogP contribution is 2.48. The number of hydrogen-bond donors (Lipinski definition) is 0. The lowest BCUT2D eigenvalue weighted by atomic mass is 9.82. The number of fused-ring (bicyclic) bond motifs is 2. The lowest BCUT2D eigenvalue weighted by molar-refractivity contribution is 0.0291. The smallest absolute Gasteiger partial charge is 0.338 e. The van der Waals surface area contributed by atoms with E-state index in [4.69, 9.17) is 9.47 Å². The van der Waals surface area contributed by atoms with Crippen LogP contribution in [0.2, 0.25) is 0 Å². The first-order chi connectivity index (χ1) is 14.1. The first kappa shape index (κ1) is 19.3. The van der Waals surface area contributed by atoms with Crippen molar-refractivity contribution >= 4 is 11.5 Å². The maximum atomic E-state index is 15.2. The minimum Gasteiger partial charge on any atom is -0.496 e. The molecule has 3 nitrogen and oxygen atoms in total. The van der Waals surface area contributed by atoms with Crippen LogP contribution in [0.1, 0.15) is 47.7 Å². The van der Waals surface area contributed by atoms with E-state index in [-0.39, 0.29) is 11.9 Å². The number of esters is 1. The van der Waals surface area contributed by atoms with Gasteiger partial charge in [0.05, 0.1) is 18.2 Å². The van der Waals surface area contributed by atoms with Gasteiger partial charge in [0, 0.05) is 17.1 Å². The summed E-state index contributed by atoms with van der Waals surface area (Å²) < 4.78 is 26.6. The molecule has 2 aromatic rings. The molecule has 0 N–H and O–H groups in total. The second-order valence-corrected chi connectivity index (χ2v) is 7.56. The van der Waals surface area contributed by atoms with Gasteiger partial charge in [0.2, 0.25) is 0 Å². The first-order valence-corrected chi connectivity index (χ1v) is 9.89. The fourth-order valence-electron chi connectivity index (χ4n) is 4.46. The Balaban J connectivity index is 1.74. The Hall–Kier alpha value is -3.06. The maximum Gasteiger partial charge on any atom is 0.338 e. The van der Waals surface area contributed by atoms with Gasteiger partial charge < -0.3 is 9.47 Å². The maximum absolute atomic E-state index is 15.2. The molecule has 2 aliphatic rings. The van der Waals surface area contributed by atoms with Crippen LogP contribution >= 0.6 is 0 Å². The van der Waals surface area contributed by atoms with E-state index in [1.54, 1.807) is 37.3 Å². The number of carbonyl (C=O) groups excluding carboxylic acids is 1. The Bertz CT molecular complexity index is 1010. The predicted octanol–water partition coefficient (Wildman–Crippen LogP) is 5.24. The van der Waals surface area contributed by atoms with Crippen LogP contribution in [-0.4, -0.2) is 19.2 Å². The van der Waals surface area contributed by atoms with Crippen molar-refractivity contribution in [2.75, 3.05) is 7.11 Å². The van der Waals surface area contributed by atoms with Crippen molar-refractivity contribution in [1.82, 2.24) is 0 Å². The minimum atomic E-state index is -0.493. The molecule has 2 bridgehead atoms. The van der Waals surface area contributed by atoms with Crippen LogP contribution in [-0.2, 0) is 4.74 Å². The zero-order valence-corrected chi connectivity index (χ0v) is 16.6. The molecule has 0 saturated heterocycles. The number of methoxy groups -OCH3 is 1. The van der Waals surface area contributed by atoms with Gasteiger partial charge in [-0.25, -0.2) is 9.18 Å². The number of rotatable bonds is 4. The van der Waals surface area contributed by atoms with Gasteiger partial charge in [0.25, 0.3) is 0 Å². The number of ether oxygens (including phenoxy) is 2. The van der Waals surface area contributed by atoms with Crippen LogP contribution in [0.25, 0.3) is 5.57 Å². The molecule has 0 heterocycles. The summed E-state index contributed by atoms with van der Waals surface area (Å²) in [4.78, 5) is 12.8. The number of allylic oxidation sites excluding steroid dienone is 1. The molecule has 4 rings (SSSR count). The van der Waals surface area contributed by atoms with Gasteiger partial charge in [0.15, 0.2) is 0 Å². The van der Waals surface area contributed by atoms with Gasteiger partial charge >= 0.3 is 5.97 Å². The Morgan fingerprint density at radius 3 is 2.69 bits per heavy atom.